The van der Waals surface area contributed by atoms with Gasteiger partial charge < -0.3 is 19.6 Å². The first-order valence-corrected chi connectivity index (χ1v) is 11.5. The lowest BCUT2D eigenvalue weighted by molar-refractivity contribution is -0.161. The van der Waals surface area contributed by atoms with Crippen molar-refractivity contribution in [3.8, 4) is 5.88 Å². The number of piperazine rings is 1. The van der Waals surface area contributed by atoms with Gasteiger partial charge in [0.2, 0.25) is 17.7 Å². The molecule has 11 nitrogen and oxygen atoms in total. The van der Waals surface area contributed by atoms with E-state index in [-0.39, 0.29) is 18.8 Å². The Morgan fingerprint density at radius 1 is 1.06 bits per heavy atom. The highest BCUT2D eigenvalue weighted by molar-refractivity contribution is 5.96. The van der Waals surface area contributed by atoms with E-state index in [4.69, 9.17) is 4.74 Å². The monoisotopic (exact) mass is 483 g/mol. The quantitative estimate of drug-likeness (QED) is 0.430. The summed E-state index contributed by atoms with van der Waals surface area (Å²) in [6.45, 7) is 3.20. The highest BCUT2D eigenvalue weighted by Gasteiger charge is 2.57. The summed E-state index contributed by atoms with van der Waals surface area (Å²) < 4.78 is 5.83. The Balaban J connectivity index is 1.56. The zero-order chi connectivity index (χ0) is 25.0. The maximum atomic E-state index is 13.8. The molecule has 3 amide bonds. The molecule has 4 rings (SSSR count). The number of piperidine rings is 1. The maximum absolute atomic E-state index is 13.8. The maximum Gasteiger partial charge on any atom is 0.408 e. The smallest absolute Gasteiger partial charge is 0.408 e. The standard InChI is InChI=1S/C24H29N5O6/c1-24(22(31)28-13-11-27(12-14-28)17-7-3-2-4-8-17)19(21(30)26-34)15-18(16-29(24)23(32)33)35-20-9-5-6-10-25-20/h2-10,18-19,34H,11-16H2,1H3,(H,26,30)(H,32,33)/t18-,19+,24-/m0/s1. The summed E-state index contributed by atoms with van der Waals surface area (Å²) in [5, 5.41) is 19.5. The van der Waals surface area contributed by atoms with Gasteiger partial charge >= 0.3 is 6.09 Å². The van der Waals surface area contributed by atoms with Crippen molar-refractivity contribution in [3.63, 3.8) is 0 Å². The fraction of sp³-hybridized carbons (Fsp3) is 0.417. The van der Waals surface area contributed by atoms with E-state index < -0.39 is 35.5 Å². The Kier molecular flexibility index (Phi) is 7.06. The van der Waals surface area contributed by atoms with Gasteiger partial charge in [0.25, 0.3) is 0 Å². The third-order valence-corrected chi connectivity index (χ3v) is 6.83. The van der Waals surface area contributed by atoms with E-state index in [9.17, 15) is 24.7 Å². The fourth-order valence-corrected chi connectivity index (χ4v) is 4.93. The third-order valence-electron chi connectivity index (χ3n) is 6.83. The Morgan fingerprint density at radius 3 is 2.34 bits per heavy atom. The van der Waals surface area contributed by atoms with Gasteiger partial charge in [0.05, 0.1) is 12.5 Å². The molecule has 2 saturated heterocycles. The van der Waals surface area contributed by atoms with Crippen LogP contribution in [0.3, 0.4) is 0 Å². The van der Waals surface area contributed by atoms with Gasteiger partial charge in [-0.2, -0.15) is 0 Å². The van der Waals surface area contributed by atoms with Crippen molar-refractivity contribution in [2.45, 2.75) is 25.0 Å². The molecule has 35 heavy (non-hydrogen) atoms. The lowest BCUT2D eigenvalue weighted by Gasteiger charge is -2.50. The predicted molar refractivity (Wildman–Crippen MR) is 125 cm³/mol. The minimum atomic E-state index is -1.72. The number of carboxylic acid groups (broad SMARTS) is 1. The number of para-hydroxylation sites is 1. The van der Waals surface area contributed by atoms with Crippen molar-refractivity contribution >= 4 is 23.6 Å². The molecule has 3 N–H and O–H groups in total. The predicted octanol–water partition coefficient (Wildman–Crippen LogP) is 1.44. The zero-order valence-corrected chi connectivity index (χ0v) is 19.4. The van der Waals surface area contributed by atoms with E-state index in [1.807, 2.05) is 30.3 Å². The van der Waals surface area contributed by atoms with Crippen LogP contribution in [0.4, 0.5) is 10.5 Å². The highest BCUT2D eigenvalue weighted by atomic mass is 16.5. The van der Waals surface area contributed by atoms with Gasteiger partial charge in [-0.25, -0.2) is 15.3 Å². The van der Waals surface area contributed by atoms with Crippen LogP contribution in [-0.4, -0.2) is 87.4 Å². The van der Waals surface area contributed by atoms with Crippen molar-refractivity contribution in [1.82, 2.24) is 20.3 Å². The number of hydrogen-bond donors (Lipinski definition) is 3. The van der Waals surface area contributed by atoms with Crippen LogP contribution in [0.5, 0.6) is 5.88 Å². The number of likely N-dealkylation sites (tertiary alicyclic amines) is 1. The molecule has 3 atom stereocenters. The second kappa shape index (κ2) is 10.2. The zero-order valence-electron chi connectivity index (χ0n) is 19.4. The van der Waals surface area contributed by atoms with Crippen LogP contribution >= 0.6 is 0 Å². The Morgan fingerprint density at radius 2 is 1.74 bits per heavy atom. The summed E-state index contributed by atoms with van der Waals surface area (Å²) in [6.07, 6.45) is -0.528. The van der Waals surface area contributed by atoms with Crippen LogP contribution in [-0.2, 0) is 9.59 Å². The number of hydroxylamine groups is 1. The molecule has 2 aromatic rings. The van der Waals surface area contributed by atoms with E-state index in [1.54, 1.807) is 28.6 Å². The van der Waals surface area contributed by atoms with E-state index in [1.165, 1.54) is 13.1 Å². The van der Waals surface area contributed by atoms with Gasteiger partial charge in [-0.15, -0.1) is 0 Å². The summed E-state index contributed by atoms with van der Waals surface area (Å²) in [4.78, 5) is 47.7. The average molecular weight is 484 g/mol. The minimum absolute atomic E-state index is 0.0268. The number of aromatic nitrogens is 1. The van der Waals surface area contributed by atoms with Crippen molar-refractivity contribution in [2.75, 3.05) is 37.6 Å². The van der Waals surface area contributed by atoms with Crippen molar-refractivity contribution in [1.29, 1.82) is 0 Å². The van der Waals surface area contributed by atoms with Crippen molar-refractivity contribution in [3.05, 3.63) is 54.7 Å². The molecular weight excluding hydrogens is 454 g/mol. The van der Waals surface area contributed by atoms with E-state index in [0.29, 0.717) is 26.2 Å². The number of ether oxygens (including phenoxy) is 1. The molecule has 0 saturated carbocycles. The lowest BCUT2D eigenvalue weighted by atomic mass is 9.75. The van der Waals surface area contributed by atoms with Crippen LogP contribution in [0.2, 0.25) is 0 Å². The molecule has 186 valence electrons. The Bertz CT molecular complexity index is 1050. The number of carbonyl (C=O) groups excluding carboxylic acids is 2. The largest absolute Gasteiger partial charge is 0.472 e. The molecule has 1 aromatic carbocycles. The number of hydrogen-bond acceptors (Lipinski definition) is 7. The molecule has 3 heterocycles. The number of benzene rings is 1. The van der Waals surface area contributed by atoms with Crippen LogP contribution < -0.4 is 15.1 Å². The molecule has 0 bridgehead atoms. The van der Waals surface area contributed by atoms with Gasteiger partial charge in [0, 0.05) is 50.6 Å². The van der Waals surface area contributed by atoms with Gasteiger partial charge in [-0.05, 0) is 25.1 Å². The van der Waals surface area contributed by atoms with Gasteiger partial charge in [0.15, 0.2) is 0 Å². The molecule has 11 heteroatoms. The highest BCUT2D eigenvalue weighted by Crippen LogP contribution is 2.37. The second-order valence-corrected chi connectivity index (χ2v) is 8.83. The molecule has 0 spiro atoms. The van der Waals surface area contributed by atoms with Crippen LogP contribution in [0, 0.1) is 5.92 Å². The summed E-state index contributed by atoms with van der Waals surface area (Å²) in [6, 6.07) is 14.9. The first-order valence-electron chi connectivity index (χ1n) is 11.5. The fourth-order valence-electron chi connectivity index (χ4n) is 4.93. The summed E-state index contributed by atoms with van der Waals surface area (Å²) >= 11 is 0. The van der Waals surface area contributed by atoms with Gasteiger partial charge in [0.1, 0.15) is 11.6 Å². The number of pyridine rings is 1. The number of rotatable bonds is 5. The van der Waals surface area contributed by atoms with Crippen molar-refractivity contribution in [2.24, 2.45) is 5.92 Å². The molecular formula is C24H29N5O6. The summed E-state index contributed by atoms with van der Waals surface area (Å²) in [7, 11) is 0. The van der Waals surface area contributed by atoms with Crippen molar-refractivity contribution < 1.29 is 29.4 Å². The van der Waals surface area contributed by atoms with Crippen LogP contribution in [0.25, 0.3) is 0 Å². The van der Waals surface area contributed by atoms with Gasteiger partial charge in [-0.1, -0.05) is 24.3 Å². The Labute approximate surface area is 202 Å². The average Bonchev–Trinajstić information content (AvgIpc) is 2.89. The third kappa shape index (κ3) is 4.85. The normalized spacial score (nSPS) is 24.6. The van der Waals surface area contributed by atoms with Crippen LogP contribution in [0.1, 0.15) is 13.3 Å². The van der Waals surface area contributed by atoms with E-state index >= 15 is 0 Å². The molecule has 0 radical (unpaired) electrons. The number of carbonyl (C=O) groups is 3. The number of nitrogens with one attached hydrogen (secondary N) is 1. The minimum Gasteiger partial charge on any atom is -0.472 e. The topological polar surface area (TPSA) is 136 Å². The molecule has 1 aromatic heterocycles. The first-order chi connectivity index (χ1) is 16.8. The second-order valence-electron chi connectivity index (χ2n) is 8.83. The van der Waals surface area contributed by atoms with E-state index in [0.717, 1.165) is 10.6 Å². The molecule has 2 aliphatic heterocycles. The molecule has 2 fully saturated rings. The molecule has 0 aliphatic carbocycles. The SMILES string of the molecule is C[C@@]1(C(=O)N2CCN(c3ccccc3)CC2)[C@@H](C(=O)NO)C[C@H](Oc2ccccn2)CN1C(=O)O. The molecule has 2 aliphatic rings. The number of anilines is 1. The number of nitrogens with zero attached hydrogens (tertiary/aromatic N) is 4. The summed E-state index contributed by atoms with van der Waals surface area (Å²) in [5.41, 5.74) is 0.931. The van der Waals surface area contributed by atoms with E-state index in [2.05, 4.69) is 9.88 Å². The molecule has 0 unspecified atom stereocenters. The summed E-state index contributed by atoms with van der Waals surface area (Å²) in [5.74, 6) is -2.22. The lowest BCUT2D eigenvalue weighted by Crippen LogP contribution is -2.71. The number of amides is 3. The first kappa shape index (κ1) is 24.3. The Hall–Kier alpha value is -3.86. The van der Waals surface area contributed by atoms with Crippen LogP contribution in [0.15, 0.2) is 54.7 Å². The van der Waals surface area contributed by atoms with Gasteiger partial charge in [-0.3, -0.25) is 19.7 Å².